The fraction of sp³-hybridized carbons (Fsp3) is 0.615. The minimum atomic E-state index is -1.23. The van der Waals surface area contributed by atoms with Gasteiger partial charge in [-0.2, -0.15) is 0 Å². The van der Waals surface area contributed by atoms with Gasteiger partial charge in [0.25, 0.3) is 11.1 Å². The maximum Gasteiger partial charge on any atom is 0.254 e. The van der Waals surface area contributed by atoms with Crippen LogP contribution < -0.4 is 11.1 Å². The summed E-state index contributed by atoms with van der Waals surface area (Å²) in [6, 6.07) is 3.15. The third kappa shape index (κ3) is 6.13. The molecule has 0 fully saturated rings. The molecule has 2 unspecified atom stereocenters. The van der Waals surface area contributed by atoms with E-state index in [1.165, 1.54) is 9.13 Å². The Balaban J connectivity index is 1.30. The molecule has 38 heavy (non-hydrogen) atoms. The molecule has 0 spiro atoms. The molecule has 0 bridgehead atoms. The summed E-state index contributed by atoms with van der Waals surface area (Å²) in [5.41, 5.74) is -0.351. The van der Waals surface area contributed by atoms with Gasteiger partial charge in [0.1, 0.15) is 0 Å². The largest absolute Gasteiger partial charge is 0.494 e. The zero-order valence-corrected chi connectivity index (χ0v) is 25.5. The maximum atomic E-state index is 12.7. The molecule has 0 aliphatic carbocycles. The van der Waals surface area contributed by atoms with Gasteiger partial charge in [0.2, 0.25) is 0 Å². The molecule has 4 heterocycles. The monoisotopic (exact) mass is 600 g/mol. The van der Waals surface area contributed by atoms with Crippen LogP contribution in [0.4, 0.5) is 0 Å². The third-order valence-corrected chi connectivity index (χ3v) is 12.4. The van der Waals surface area contributed by atoms with Crippen molar-refractivity contribution in [2.75, 3.05) is 34.5 Å². The lowest BCUT2D eigenvalue weighted by molar-refractivity contribution is 0.278. The van der Waals surface area contributed by atoms with E-state index in [9.17, 15) is 28.2 Å². The van der Waals surface area contributed by atoms with Crippen LogP contribution in [0, 0.1) is 0 Å². The molecule has 2 aliphatic rings. The molecule has 0 radical (unpaired) electrons. The van der Waals surface area contributed by atoms with Gasteiger partial charge >= 0.3 is 0 Å². The van der Waals surface area contributed by atoms with Gasteiger partial charge in [-0.1, -0.05) is 0 Å². The average Bonchev–Trinajstić information content (AvgIpc) is 3.49. The molecule has 2 aromatic heterocycles. The summed E-state index contributed by atoms with van der Waals surface area (Å²) in [5, 5.41) is 21.5. The minimum Gasteiger partial charge on any atom is -0.494 e. The topological polar surface area (TPSA) is 119 Å². The third-order valence-electron chi connectivity index (χ3n) is 7.36. The summed E-state index contributed by atoms with van der Waals surface area (Å²) in [7, 11) is -2.47. The molecule has 0 aromatic carbocycles. The first-order valence-corrected chi connectivity index (χ1v) is 17.7. The van der Waals surface area contributed by atoms with Crippen molar-refractivity contribution in [2.24, 2.45) is 0 Å². The van der Waals surface area contributed by atoms with Gasteiger partial charge in [-0.3, -0.25) is 27.1 Å². The van der Waals surface area contributed by atoms with E-state index in [4.69, 9.17) is 0 Å². The van der Waals surface area contributed by atoms with Crippen LogP contribution >= 0.6 is 23.5 Å². The Kier molecular flexibility index (Phi) is 8.96. The molecule has 4 rings (SSSR count). The molecule has 0 amide bonds. The first-order valence-electron chi connectivity index (χ1n) is 12.7. The maximum absolute atomic E-state index is 12.7. The van der Waals surface area contributed by atoms with E-state index >= 15 is 0 Å². The number of aromatic nitrogens is 2. The highest BCUT2D eigenvalue weighted by molar-refractivity contribution is 7.99. The Bertz CT molecular complexity index is 1290. The van der Waals surface area contributed by atoms with Crippen molar-refractivity contribution in [1.29, 1.82) is 0 Å². The fourth-order valence-corrected chi connectivity index (χ4v) is 10.5. The number of thioether (sulfide) groups is 2. The molecule has 2 atom stereocenters. The lowest BCUT2D eigenvalue weighted by atomic mass is 10.0. The number of hydrogen-bond donors (Lipinski definition) is 2. The summed E-state index contributed by atoms with van der Waals surface area (Å²) >= 11 is 3.14. The van der Waals surface area contributed by atoms with Gasteiger partial charge in [0.05, 0.1) is 0 Å². The van der Waals surface area contributed by atoms with Crippen LogP contribution in [0.2, 0.25) is 0 Å². The van der Waals surface area contributed by atoms with Crippen molar-refractivity contribution in [3.05, 3.63) is 44.0 Å². The second kappa shape index (κ2) is 11.5. The van der Waals surface area contributed by atoms with E-state index in [0.717, 1.165) is 45.3 Å². The van der Waals surface area contributed by atoms with Crippen molar-refractivity contribution in [1.82, 2.24) is 9.13 Å². The lowest BCUT2D eigenvalue weighted by Gasteiger charge is -2.29. The predicted molar refractivity (Wildman–Crippen MR) is 157 cm³/mol. The van der Waals surface area contributed by atoms with E-state index in [0.29, 0.717) is 24.3 Å². The molecular formula is C26H36N2O6S4. The number of nitrogens with zero attached hydrogens (tertiary/aromatic N) is 2. The number of rotatable bonds is 11. The molecule has 12 heteroatoms. The highest BCUT2D eigenvalue weighted by Crippen LogP contribution is 2.38. The van der Waals surface area contributed by atoms with Crippen LogP contribution in [0.5, 0.6) is 11.8 Å². The molecule has 2 N–H and O–H groups in total. The molecule has 2 aromatic rings. The van der Waals surface area contributed by atoms with Gasteiger partial charge in [-0.15, -0.1) is 23.5 Å². The second-order valence-corrected chi connectivity index (χ2v) is 16.7. The summed E-state index contributed by atoms with van der Waals surface area (Å²) in [6.45, 7) is 7.42. The molecule has 210 valence electrons. The first kappa shape index (κ1) is 29.5. The number of fused-ring (bicyclic) bond motifs is 2. The Morgan fingerprint density at radius 3 is 1.47 bits per heavy atom. The van der Waals surface area contributed by atoms with Crippen LogP contribution in [-0.4, -0.2) is 62.3 Å². The second-order valence-electron chi connectivity index (χ2n) is 11.0. The van der Waals surface area contributed by atoms with Crippen LogP contribution in [0.3, 0.4) is 0 Å². The highest BCUT2D eigenvalue weighted by Gasteiger charge is 2.31. The molecule has 0 saturated heterocycles. The van der Waals surface area contributed by atoms with Crippen molar-refractivity contribution in [3.63, 3.8) is 0 Å². The standard InChI is InChI=1S/C26H36N2O6S4/c1-25(2,27-21(29)15-19-17(23(27)31)5-9-35-19)7-11-37(33)13-14-38(34)12-8-26(3,4)28-22(30)16-20-18(24(28)32)6-10-36-20/h15-16,31-32H,5-14H2,1-4H3. The van der Waals surface area contributed by atoms with E-state index in [-0.39, 0.29) is 34.4 Å². The number of pyridine rings is 2. The summed E-state index contributed by atoms with van der Waals surface area (Å²) in [5.74, 6) is 2.88. The normalized spacial score (nSPS) is 16.8. The number of hydrogen-bond acceptors (Lipinski definition) is 8. The summed E-state index contributed by atoms with van der Waals surface area (Å²) < 4.78 is 28.3. The Morgan fingerprint density at radius 1 is 0.737 bits per heavy atom. The Hall–Kier alpha value is -1.50. The average molecular weight is 601 g/mol. The van der Waals surface area contributed by atoms with Crippen molar-refractivity contribution in [3.8, 4) is 11.8 Å². The molecule has 2 aliphatic heterocycles. The zero-order valence-electron chi connectivity index (χ0n) is 22.3. The van der Waals surface area contributed by atoms with Crippen molar-refractivity contribution < 1.29 is 18.6 Å². The van der Waals surface area contributed by atoms with Crippen LogP contribution in [-0.2, 0) is 45.5 Å². The fourth-order valence-electron chi connectivity index (χ4n) is 4.99. The van der Waals surface area contributed by atoms with Crippen LogP contribution in [0.25, 0.3) is 0 Å². The van der Waals surface area contributed by atoms with E-state index in [2.05, 4.69) is 0 Å². The predicted octanol–water partition coefficient (Wildman–Crippen LogP) is 3.17. The van der Waals surface area contributed by atoms with Crippen molar-refractivity contribution in [2.45, 2.75) is 74.2 Å². The first-order chi connectivity index (χ1) is 17.8. The van der Waals surface area contributed by atoms with Gasteiger partial charge < -0.3 is 10.2 Å². The van der Waals surface area contributed by atoms with Gasteiger partial charge in [-0.25, -0.2) is 0 Å². The minimum absolute atomic E-state index is 0.00395. The van der Waals surface area contributed by atoms with Gasteiger partial charge in [0, 0.05) is 100 Å². The quantitative estimate of drug-likeness (QED) is 0.404. The highest BCUT2D eigenvalue weighted by atomic mass is 32.2. The SMILES string of the molecule is CC(C)(CCS(=O)CCS(=O)CCC(C)(C)n1c(O)c2c(cc1=O)SCC2)n1c(O)c2c(cc1=O)SCC2. The smallest absolute Gasteiger partial charge is 0.254 e. The number of aromatic hydroxyl groups is 2. The van der Waals surface area contributed by atoms with Crippen LogP contribution in [0.15, 0.2) is 31.5 Å². The van der Waals surface area contributed by atoms with Crippen molar-refractivity contribution >= 4 is 45.1 Å². The Labute approximate surface area is 236 Å². The lowest BCUT2D eigenvalue weighted by Crippen LogP contribution is -2.38. The van der Waals surface area contributed by atoms with E-state index in [1.54, 1.807) is 35.7 Å². The summed E-state index contributed by atoms with van der Waals surface area (Å²) in [4.78, 5) is 27.1. The Morgan fingerprint density at radius 2 is 1.11 bits per heavy atom. The van der Waals surface area contributed by atoms with Crippen LogP contribution in [0.1, 0.15) is 51.7 Å². The van der Waals surface area contributed by atoms with E-state index in [1.807, 2.05) is 27.7 Å². The van der Waals surface area contributed by atoms with Gasteiger partial charge in [-0.05, 0) is 53.4 Å². The molecule has 0 saturated carbocycles. The van der Waals surface area contributed by atoms with Gasteiger partial charge in [0.15, 0.2) is 11.8 Å². The molecular weight excluding hydrogens is 565 g/mol. The zero-order chi connectivity index (χ0) is 27.8. The summed E-state index contributed by atoms with van der Waals surface area (Å²) in [6.07, 6.45) is 2.29. The molecule has 8 nitrogen and oxygen atoms in total. The van der Waals surface area contributed by atoms with E-state index < -0.39 is 32.7 Å².